The molecule has 1 heterocycles. The molecule has 18 heavy (non-hydrogen) atoms. The molecule has 5 nitrogen and oxygen atoms in total. The lowest BCUT2D eigenvalue weighted by molar-refractivity contribution is -0.115. The standard InChI is InChI=1S/C13H19N3O2/c1-7(2)12(6-17)15-11-5-10-8(3-9(11)14)4-13(18)16-10/h3,5,7,12,15,17H,4,6,14H2,1-2H3,(H,16,18)/t12-/m1/s1. The average Bonchev–Trinajstić information content (AvgIpc) is 2.64. The molecule has 98 valence electrons. The van der Waals surface area contributed by atoms with E-state index in [0.29, 0.717) is 12.1 Å². The molecule has 1 aromatic rings. The molecule has 0 bridgehead atoms. The van der Waals surface area contributed by atoms with Gasteiger partial charge in [-0.25, -0.2) is 0 Å². The molecule has 1 aliphatic heterocycles. The lowest BCUT2D eigenvalue weighted by Gasteiger charge is -2.22. The van der Waals surface area contributed by atoms with Crippen molar-refractivity contribution < 1.29 is 9.90 Å². The van der Waals surface area contributed by atoms with Gasteiger partial charge in [-0.1, -0.05) is 13.8 Å². The fourth-order valence-corrected chi connectivity index (χ4v) is 2.04. The van der Waals surface area contributed by atoms with Crippen LogP contribution in [-0.4, -0.2) is 23.7 Å². The predicted octanol–water partition coefficient (Wildman–Crippen LogP) is 1.19. The summed E-state index contributed by atoms with van der Waals surface area (Å²) in [5, 5.41) is 15.3. The molecule has 0 unspecified atom stereocenters. The number of nitrogen functional groups attached to an aromatic ring is 1. The maximum Gasteiger partial charge on any atom is 0.228 e. The SMILES string of the molecule is CC(C)[C@@H](CO)Nc1cc2c(cc1N)CC(=O)N2. The van der Waals surface area contributed by atoms with Crippen molar-refractivity contribution in [3.63, 3.8) is 0 Å². The van der Waals surface area contributed by atoms with Gasteiger partial charge in [0.1, 0.15) is 0 Å². The number of aliphatic hydroxyl groups is 1. The fourth-order valence-electron chi connectivity index (χ4n) is 2.04. The zero-order chi connectivity index (χ0) is 13.3. The fraction of sp³-hybridized carbons (Fsp3) is 0.462. The van der Waals surface area contributed by atoms with E-state index in [1.807, 2.05) is 26.0 Å². The van der Waals surface area contributed by atoms with Crippen LogP contribution in [0.5, 0.6) is 0 Å². The first-order chi connectivity index (χ1) is 8.51. The molecule has 1 amide bonds. The van der Waals surface area contributed by atoms with E-state index in [0.717, 1.165) is 16.9 Å². The van der Waals surface area contributed by atoms with E-state index in [9.17, 15) is 9.90 Å². The molecule has 0 aromatic heterocycles. The zero-order valence-electron chi connectivity index (χ0n) is 10.7. The van der Waals surface area contributed by atoms with Crippen LogP contribution >= 0.6 is 0 Å². The van der Waals surface area contributed by atoms with E-state index >= 15 is 0 Å². The summed E-state index contributed by atoms with van der Waals surface area (Å²) in [7, 11) is 0. The molecule has 0 aliphatic carbocycles. The second kappa shape index (κ2) is 4.86. The number of hydrogen-bond donors (Lipinski definition) is 4. The molecule has 0 spiro atoms. The number of nitrogens with two attached hydrogens (primary N) is 1. The summed E-state index contributed by atoms with van der Waals surface area (Å²) in [5.41, 5.74) is 9.04. The maximum absolute atomic E-state index is 11.3. The Labute approximate surface area is 106 Å². The summed E-state index contributed by atoms with van der Waals surface area (Å²) in [6, 6.07) is 3.59. The Morgan fingerprint density at radius 2 is 2.22 bits per heavy atom. The number of amides is 1. The van der Waals surface area contributed by atoms with Crippen LogP contribution in [0.25, 0.3) is 0 Å². The van der Waals surface area contributed by atoms with Crippen molar-refractivity contribution in [3.05, 3.63) is 17.7 Å². The van der Waals surface area contributed by atoms with Crippen LogP contribution in [0.15, 0.2) is 12.1 Å². The van der Waals surface area contributed by atoms with Crippen molar-refractivity contribution in [3.8, 4) is 0 Å². The molecule has 5 heteroatoms. The van der Waals surface area contributed by atoms with E-state index in [2.05, 4.69) is 10.6 Å². The normalized spacial score (nSPS) is 15.4. The lowest BCUT2D eigenvalue weighted by atomic mass is 10.0. The summed E-state index contributed by atoms with van der Waals surface area (Å²) < 4.78 is 0. The van der Waals surface area contributed by atoms with Crippen LogP contribution in [0.2, 0.25) is 0 Å². The number of benzene rings is 1. The third-order valence-corrected chi connectivity index (χ3v) is 3.24. The smallest absolute Gasteiger partial charge is 0.228 e. The van der Waals surface area contributed by atoms with Crippen molar-refractivity contribution in [1.82, 2.24) is 0 Å². The van der Waals surface area contributed by atoms with Gasteiger partial charge in [0, 0.05) is 5.69 Å². The Kier molecular flexibility index (Phi) is 3.43. The number of fused-ring (bicyclic) bond motifs is 1. The Bertz CT molecular complexity index is 472. The highest BCUT2D eigenvalue weighted by molar-refractivity contribution is 6.00. The minimum Gasteiger partial charge on any atom is -0.397 e. The Morgan fingerprint density at radius 1 is 1.50 bits per heavy atom. The molecule has 1 aromatic carbocycles. The van der Waals surface area contributed by atoms with E-state index in [-0.39, 0.29) is 24.5 Å². The van der Waals surface area contributed by atoms with Crippen molar-refractivity contribution in [2.45, 2.75) is 26.3 Å². The Hall–Kier alpha value is -1.75. The molecule has 1 aliphatic rings. The van der Waals surface area contributed by atoms with Crippen molar-refractivity contribution in [1.29, 1.82) is 0 Å². The first-order valence-electron chi connectivity index (χ1n) is 6.11. The van der Waals surface area contributed by atoms with Gasteiger partial charge in [0.2, 0.25) is 5.91 Å². The predicted molar refractivity (Wildman–Crippen MR) is 72.5 cm³/mol. The monoisotopic (exact) mass is 249 g/mol. The zero-order valence-corrected chi connectivity index (χ0v) is 10.7. The molecular formula is C13H19N3O2. The summed E-state index contributed by atoms with van der Waals surface area (Å²) in [4.78, 5) is 11.3. The second-order valence-corrected chi connectivity index (χ2v) is 5.00. The topological polar surface area (TPSA) is 87.4 Å². The number of nitrogens with one attached hydrogen (secondary N) is 2. The summed E-state index contributed by atoms with van der Waals surface area (Å²) in [5.74, 6) is 0.279. The number of aliphatic hydroxyl groups excluding tert-OH is 1. The van der Waals surface area contributed by atoms with Crippen LogP contribution in [-0.2, 0) is 11.2 Å². The van der Waals surface area contributed by atoms with Gasteiger partial charge in [0.05, 0.1) is 30.4 Å². The van der Waals surface area contributed by atoms with Crippen LogP contribution in [0.3, 0.4) is 0 Å². The van der Waals surface area contributed by atoms with E-state index in [4.69, 9.17) is 5.73 Å². The van der Waals surface area contributed by atoms with Crippen molar-refractivity contribution in [2.75, 3.05) is 23.0 Å². The minimum absolute atomic E-state index is 0.0101. The van der Waals surface area contributed by atoms with Gasteiger partial charge < -0.3 is 21.5 Å². The van der Waals surface area contributed by atoms with Crippen molar-refractivity contribution >= 4 is 23.0 Å². The van der Waals surface area contributed by atoms with Gasteiger partial charge in [0.25, 0.3) is 0 Å². The molecule has 0 radical (unpaired) electrons. The number of rotatable bonds is 4. The highest BCUT2D eigenvalue weighted by Crippen LogP contribution is 2.32. The summed E-state index contributed by atoms with van der Waals surface area (Å²) in [6.07, 6.45) is 0.382. The van der Waals surface area contributed by atoms with Gasteiger partial charge in [0.15, 0.2) is 0 Å². The number of carbonyl (C=O) groups is 1. The summed E-state index contributed by atoms with van der Waals surface area (Å²) >= 11 is 0. The van der Waals surface area contributed by atoms with Crippen molar-refractivity contribution in [2.24, 2.45) is 5.92 Å². The van der Waals surface area contributed by atoms with E-state index < -0.39 is 0 Å². The molecule has 2 rings (SSSR count). The molecule has 0 fully saturated rings. The molecule has 0 saturated heterocycles. The maximum atomic E-state index is 11.3. The quantitative estimate of drug-likeness (QED) is 0.604. The average molecular weight is 249 g/mol. The first-order valence-corrected chi connectivity index (χ1v) is 6.11. The van der Waals surface area contributed by atoms with Gasteiger partial charge in [-0.3, -0.25) is 4.79 Å². The first kappa shape index (κ1) is 12.7. The molecule has 0 saturated carbocycles. The summed E-state index contributed by atoms with van der Waals surface area (Å²) in [6.45, 7) is 4.10. The third kappa shape index (κ3) is 2.41. The third-order valence-electron chi connectivity index (χ3n) is 3.24. The van der Waals surface area contributed by atoms with Gasteiger partial charge in [-0.2, -0.15) is 0 Å². The van der Waals surface area contributed by atoms with Crippen LogP contribution < -0.4 is 16.4 Å². The highest BCUT2D eigenvalue weighted by Gasteiger charge is 2.20. The number of carbonyl (C=O) groups excluding carboxylic acids is 1. The van der Waals surface area contributed by atoms with Crippen LogP contribution in [0, 0.1) is 5.92 Å². The molecular weight excluding hydrogens is 230 g/mol. The minimum atomic E-state index is -0.0533. The Morgan fingerprint density at radius 3 is 2.83 bits per heavy atom. The molecule has 1 atom stereocenters. The van der Waals surface area contributed by atoms with E-state index in [1.165, 1.54) is 0 Å². The second-order valence-electron chi connectivity index (χ2n) is 5.00. The van der Waals surface area contributed by atoms with Crippen LogP contribution in [0.4, 0.5) is 17.1 Å². The molecule has 5 N–H and O–H groups in total. The van der Waals surface area contributed by atoms with Gasteiger partial charge in [-0.05, 0) is 23.6 Å². The van der Waals surface area contributed by atoms with Gasteiger partial charge in [-0.15, -0.1) is 0 Å². The lowest BCUT2D eigenvalue weighted by Crippen LogP contribution is -2.29. The van der Waals surface area contributed by atoms with E-state index in [1.54, 1.807) is 0 Å². The highest BCUT2D eigenvalue weighted by atomic mass is 16.3. The largest absolute Gasteiger partial charge is 0.397 e. The van der Waals surface area contributed by atoms with Gasteiger partial charge >= 0.3 is 0 Å². The number of anilines is 3. The van der Waals surface area contributed by atoms with Crippen LogP contribution in [0.1, 0.15) is 19.4 Å². The number of hydrogen-bond acceptors (Lipinski definition) is 4. The Balaban J connectivity index is 2.24.